The molecule has 6 aromatic carbocycles. The minimum absolute atomic E-state index is 0.248. The molecule has 7 aromatic rings. The van der Waals surface area contributed by atoms with Gasteiger partial charge in [0.15, 0.2) is 0 Å². The van der Waals surface area contributed by atoms with Gasteiger partial charge in [0.2, 0.25) is 0 Å². The van der Waals surface area contributed by atoms with E-state index in [9.17, 15) is 10.2 Å². The van der Waals surface area contributed by atoms with Crippen LogP contribution < -0.4 is 14.4 Å². The van der Waals surface area contributed by atoms with Crippen molar-refractivity contribution in [3.63, 3.8) is 0 Å². The minimum atomic E-state index is 0.248. The predicted octanol–water partition coefficient (Wildman–Crippen LogP) is 15.9. The third-order valence-electron chi connectivity index (χ3n) is 13.3. The van der Waals surface area contributed by atoms with Crippen molar-refractivity contribution in [2.45, 2.75) is 71.6 Å². The van der Waals surface area contributed by atoms with E-state index in [4.69, 9.17) is 9.47 Å². The molecule has 1 fully saturated rings. The Hall–Kier alpha value is -7.62. The van der Waals surface area contributed by atoms with Gasteiger partial charge in [0.05, 0.1) is 36.3 Å². The number of aryl methyl sites for hydroxylation is 2. The summed E-state index contributed by atoms with van der Waals surface area (Å²) in [5, 5.41) is 24.4. The molecule has 1 aliphatic heterocycles. The SMILES string of the molecule is C#C.COc1ccccc1-c1cc(C)cc(-n2c3c(c4ccccc42)/C=C\CC/C=C\3)c1O.Cc1cc(-c2ccccc2OCC2CCCCC2)c(O)c(N2C/C=C\C/C=C\Cc3ccccc32)c1. The lowest BCUT2D eigenvalue weighted by atomic mass is 9.90. The van der Waals surface area contributed by atoms with Gasteiger partial charge in [-0.1, -0.05) is 135 Å². The molecule has 0 atom stereocenters. The molecule has 0 radical (unpaired) electrons. The third kappa shape index (κ3) is 10.7. The monoisotopic (exact) mass is 912 g/mol. The van der Waals surface area contributed by atoms with Crippen LogP contribution in [0.15, 0.2) is 158 Å². The van der Waals surface area contributed by atoms with Crippen molar-refractivity contribution >= 4 is 34.4 Å². The van der Waals surface area contributed by atoms with E-state index < -0.39 is 0 Å². The van der Waals surface area contributed by atoms with E-state index in [0.29, 0.717) is 18.2 Å². The second kappa shape index (κ2) is 22.9. The highest BCUT2D eigenvalue weighted by molar-refractivity contribution is 5.96. The Morgan fingerprint density at radius 2 is 1.20 bits per heavy atom. The largest absolute Gasteiger partial charge is 0.505 e. The second-order valence-corrected chi connectivity index (χ2v) is 18.0. The summed E-state index contributed by atoms with van der Waals surface area (Å²) in [6.07, 6.45) is 36.0. The minimum Gasteiger partial charge on any atom is -0.505 e. The molecule has 1 aromatic heterocycles. The van der Waals surface area contributed by atoms with Crippen LogP contribution in [0.4, 0.5) is 11.4 Å². The standard InChI is InChI=1S/C33H37NO2.C28H25NO2.C2H2/c1-25-22-29(28-18-10-12-20-32(28)36-24-26-14-6-5-7-15-26)33(35)31(23-25)34-21-13-4-2-3-8-16-27-17-9-11-19-30(27)34;1-19-17-23(22-13-8-10-16-27(22)31-2)28(30)26(18-19)29-24-14-6-4-3-5-11-20(24)21-12-7-9-15-25(21)29;1-2/h3-4,8-13,17-20,22-23,26,35H,2,5-7,14-16,21,24H2,1H3;5-18,30H,3-4H2,1-2H3;1-2H/b8-3-,13-4-;11-5-,14-6-;. The number of para-hydroxylation sites is 4. The smallest absolute Gasteiger partial charge is 0.147 e. The van der Waals surface area contributed by atoms with Crippen molar-refractivity contribution in [3.05, 3.63) is 186 Å². The van der Waals surface area contributed by atoms with E-state index in [2.05, 4.69) is 151 Å². The van der Waals surface area contributed by atoms with Gasteiger partial charge in [0, 0.05) is 45.4 Å². The summed E-state index contributed by atoms with van der Waals surface area (Å²) in [6, 6.07) is 41.1. The van der Waals surface area contributed by atoms with Crippen LogP contribution in [-0.4, -0.2) is 35.0 Å². The Labute approximate surface area is 409 Å². The number of rotatable bonds is 8. The highest BCUT2D eigenvalue weighted by atomic mass is 16.5. The number of fused-ring (bicyclic) bond motifs is 4. The van der Waals surface area contributed by atoms with Crippen LogP contribution >= 0.6 is 0 Å². The molecule has 0 amide bonds. The van der Waals surface area contributed by atoms with Crippen molar-refractivity contribution in [1.29, 1.82) is 0 Å². The quantitative estimate of drug-likeness (QED) is 0.117. The fourth-order valence-corrected chi connectivity index (χ4v) is 9.96. The van der Waals surface area contributed by atoms with Gasteiger partial charge in [0.1, 0.15) is 23.0 Å². The number of methoxy groups -OCH3 is 1. The first-order valence-electron chi connectivity index (χ1n) is 24.4. The molecule has 69 heavy (non-hydrogen) atoms. The molecule has 1 saturated carbocycles. The first-order valence-corrected chi connectivity index (χ1v) is 24.4. The number of allylic oxidation sites excluding steroid dienone is 5. The van der Waals surface area contributed by atoms with Gasteiger partial charge in [-0.15, -0.1) is 12.8 Å². The third-order valence-corrected chi connectivity index (χ3v) is 13.3. The number of hydrogen-bond acceptors (Lipinski definition) is 5. The van der Waals surface area contributed by atoms with E-state index in [1.807, 2.05) is 54.6 Å². The fourth-order valence-electron chi connectivity index (χ4n) is 9.96. The summed E-state index contributed by atoms with van der Waals surface area (Å²) < 4.78 is 14.1. The molecule has 3 aliphatic rings. The molecule has 2 heterocycles. The van der Waals surface area contributed by atoms with Crippen molar-refractivity contribution in [2.24, 2.45) is 5.92 Å². The van der Waals surface area contributed by atoms with Crippen molar-refractivity contribution in [3.8, 4) is 63.8 Å². The van der Waals surface area contributed by atoms with E-state index in [0.717, 1.165) is 105 Å². The molecule has 0 bridgehead atoms. The predicted molar refractivity (Wildman–Crippen MR) is 289 cm³/mol. The van der Waals surface area contributed by atoms with Crippen molar-refractivity contribution in [1.82, 2.24) is 4.57 Å². The van der Waals surface area contributed by atoms with Crippen LogP contribution in [0.2, 0.25) is 0 Å². The van der Waals surface area contributed by atoms with Gasteiger partial charge in [0.25, 0.3) is 0 Å². The van der Waals surface area contributed by atoms with Crippen LogP contribution in [-0.2, 0) is 6.42 Å². The summed E-state index contributed by atoms with van der Waals surface area (Å²) in [7, 11) is 1.66. The number of phenolic OH excluding ortho intramolecular Hbond substituents is 2. The van der Waals surface area contributed by atoms with Crippen LogP contribution in [0.3, 0.4) is 0 Å². The van der Waals surface area contributed by atoms with Gasteiger partial charge in [-0.05, 0) is 130 Å². The molecule has 10 rings (SSSR count). The molecule has 6 nitrogen and oxygen atoms in total. The topological polar surface area (TPSA) is 67.1 Å². The fraction of sp³-hybridized carbons (Fsp3) is 0.238. The van der Waals surface area contributed by atoms with E-state index in [-0.39, 0.29) is 5.75 Å². The van der Waals surface area contributed by atoms with Crippen LogP contribution in [0.1, 0.15) is 79.3 Å². The highest BCUT2D eigenvalue weighted by Gasteiger charge is 2.24. The van der Waals surface area contributed by atoms with Crippen molar-refractivity contribution < 1.29 is 19.7 Å². The molecule has 0 saturated heterocycles. The summed E-state index contributed by atoms with van der Waals surface area (Å²) >= 11 is 0. The zero-order valence-corrected chi connectivity index (χ0v) is 40.3. The van der Waals surface area contributed by atoms with Gasteiger partial charge < -0.3 is 29.2 Å². The van der Waals surface area contributed by atoms with Crippen LogP contribution in [0.5, 0.6) is 23.0 Å². The first kappa shape index (κ1) is 47.9. The molecule has 6 heteroatoms. The Kier molecular flexibility index (Phi) is 15.9. The lowest BCUT2D eigenvalue weighted by Crippen LogP contribution is -2.19. The Morgan fingerprint density at radius 3 is 1.96 bits per heavy atom. The van der Waals surface area contributed by atoms with Crippen LogP contribution in [0, 0.1) is 32.6 Å². The average Bonchev–Trinajstić information content (AvgIpc) is 3.68. The van der Waals surface area contributed by atoms with Gasteiger partial charge in [-0.25, -0.2) is 0 Å². The van der Waals surface area contributed by atoms with Gasteiger partial charge in [-0.3, -0.25) is 0 Å². The zero-order valence-electron chi connectivity index (χ0n) is 40.3. The number of phenols is 2. The second-order valence-electron chi connectivity index (χ2n) is 18.0. The van der Waals surface area contributed by atoms with Crippen molar-refractivity contribution in [2.75, 3.05) is 25.2 Å². The molecular formula is C63H64N2O4. The number of benzene rings is 6. The lowest BCUT2D eigenvalue weighted by Gasteiger charge is -2.28. The maximum absolute atomic E-state index is 11.7. The molecule has 0 spiro atoms. The summed E-state index contributed by atoms with van der Waals surface area (Å²) in [6.45, 7) is 5.60. The number of hydrogen-bond donors (Lipinski definition) is 2. The summed E-state index contributed by atoms with van der Waals surface area (Å²) in [4.78, 5) is 2.24. The number of terminal acetylenes is 1. The molecule has 0 unspecified atom stereocenters. The summed E-state index contributed by atoms with van der Waals surface area (Å²) in [5.41, 5.74) is 12.9. The maximum Gasteiger partial charge on any atom is 0.147 e. The molecule has 350 valence electrons. The van der Waals surface area contributed by atoms with Gasteiger partial charge in [-0.2, -0.15) is 0 Å². The number of ether oxygens (including phenoxy) is 2. The normalized spacial score (nSPS) is 16.4. The highest BCUT2D eigenvalue weighted by Crippen LogP contribution is 2.46. The maximum atomic E-state index is 11.7. The van der Waals surface area contributed by atoms with Gasteiger partial charge >= 0.3 is 0 Å². The average molecular weight is 913 g/mol. The number of aromatic nitrogens is 1. The lowest BCUT2D eigenvalue weighted by molar-refractivity contribution is 0.209. The summed E-state index contributed by atoms with van der Waals surface area (Å²) in [5.74, 6) is 2.76. The van der Waals surface area contributed by atoms with Crippen LogP contribution in [0.25, 0.3) is 51.0 Å². The number of aromatic hydroxyl groups is 2. The first-order chi connectivity index (χ1) is 33.9. The zero-order chi connectivity index (χ0) is 48.1. The Morgan fingerprint density at radius 1 is 0.594 bits per heavy atom. The van der Waals surface area contributed by atoms with E-state index >= 15 is 0 Å². The number of nitrogens with zero attached hydrogens (tertiary/aromatic N) is 2. The molecule has 2 N–H and O–H groups in total. The Bertz CT molecular complexity index is 3030. The molecular weight excluding hydrogens is 849 g/mol. The Balaban J connectivity index is 0.000000181. The van der Waals surface area contributed by atoms with E-state index in [1.54, 1.807) is 7.11 Å². The van der Waals surface area contributed by atoms with E-state index in [1.165, 1.54) is 48.6 Å². The molecule has 2 aliphatic carbocycles. The number of anilines is 2.